The summed E-state index contributed by atoms with van der Waals surface area (Å²) in [5.74, 6) is 0. The molecule has 7 aromatic carbocycles. The summed E-state index contributed by atoms with van der Waals surface area (Å²) in [7, 11) is 0. The minimum Gasteiger partial charge on any atom is -0.0622 e. The fourth-order valence-electron chi connectivity index (χ4n) is 5.57. The van der Waals surface area contributed by atoms with Crippen LogP contribution in [0, 0.1) is 0 Å². The molecule has 0 aliphatic heterocycles. The Balaban J connectivity index is 1.57. The molecule has 0 spiro atoms. The van der Waals surface area contributed by atoms with Crippen molar-refractivity contribution >= 4 is 32.3 Å². The van der Waals surface area contributed by atoms with Gasteiger partial charge in [-0.15, -0.1) is 0 Å². The molecule has 0 heteroatoms. The van der Waals surface area contributed by atoms with Crippen molar-refractivity contribution < 1.29 is 0 Å². The van der Waals surface area contributed by atoms with E-state index in [9.17, 15) is 0 Å². The number of fused-ring (bicyclic) bond motifs is 5. The highest BCUT2D eigenvalue weighted by molar-refractivity contribution is 6.25. The van der Waals surface area contributed by atoms with Crippen LogP contribution in [-0.2, 0) is 0 Å². The van der Waals surface area contributed by atoms with Gasteiger partial charge in [0, 0.05) is 0 Å². The topological polar surface area (TPSA) is 0 Å². The fourth-order valence-corrected chi connectivity index (χ4v) is 5.57. The summed E-state index contributed by atoms with van der Waals surface area (Å²) < 4.78 is 0. The molecule has 168 valence electrons. The molecule has 0 aliphatic rings. The average Bonchev–Trinajstić information content (AvgIpc) is 2.97. The predicted octanol–water partition coefficient (Wildman–Crippen LogP) is 10.1. The maximum Gasteiger partial charge on any atom is -0.00259 e. The van der Waals surface area contributed by atoms with E-state index >= 15 is 0 Å². The first-order valence-electron chi connectivity index (χ1n) is 12.5. The lowest BCUT2D eigenvalue weighted by Crippen LogP contribution is -1.89. The minimum absolute atomic E-state index is 1.24. The Morgan fingerprint density at radius 3 is 1.33 bits per heavy atom. The van der Waals surface area contributed by atoms with E-state index in [0.29, 0.717) is 0 Å². The van der Waals surface area contributed by atoms with Crippen molar-refractivity contribution in [2.24, 2.45) is 0 Å². The van der Waals surface area contributed by atoms with E-state index < -0.39 is 0 Å². The Labute approximate surface area is 211 Å². The zero-order valence-electron chi connectivity index (χ0n) is 19.9. The molecule has 0 aliphatic carbocycles. The Bertz CT molecular complexity index is 1860. The number of hydrogen-bond donors (Lipinski definition) is 0. The molecular weight excluding hydrogens is 432 g/mol. The van der Waals surface area contributed by atoms with E-state index in [1.807, 2.05) is 0 Å². The lowest BCUT2D eigenvalue weighted by molar-refractivity contribution is 1.61. The van der Waals surface area contributed by atoms with Crippen LogP contribution in [0.25, 0.3) is 65.7 Å². The van der Waals surface area contributed by atoms with Crippen LogP contribution in [0.15, 0.2) is 146 Å². The summed E-state index contributed by atoms with van der Waals surface area (Å²) in [6, 6.07) is 52.7. The Morgan fingerprint density at radius 1 is 0.278 bits per heavy atom. The third-order valence-electron chi connectivity index (χ3n) is 7.23. The van der Waals surface area contributed by atoms with E-state index in [1.165, 1.54) is 65.7 Å². The Morgan fingerprint density at radius 2 is 0.722 bits per heavy atom. The fraction of sp³-hybridized carbons (Fsp3) is 0. The molecule has 36 heavy (non-hydrogen) atoms. The van der Waals surface area contributed by atoms with Crippen LogP contribution < -0.4 is 0 Å². The summed E-state index contributed by atoms with van der Waals surface area (Å²) in [6.45, 7) is 0. The highest BCUT2D eigenvalue weighted by Gasteiger charge is 2.14. The normalized spacial score (nSPS) is 11.3. The highest BCUT2D eigenvalue weighted by atomic mass is 14.2. The molecule has 0 atom stereocenters. The molecule has 0 saturated carbocycles. The third kappa shape index (κ3) is 3.39. The molecule has 0 bridgehead atoms. The summed E-state index contributed by atoms with van der Waals surface area (Å²) in [5.41, 5.74) is 7.51. The molecule has 0 fully saturated rings. The maximum atomic E-state index is 2.39. The van der Waals surface area contributed by atoms with Gasteiger partial charge in [-0.2, -0.15) is 0 Å². The molecule has 0 amide bonds. The van der Waals surface area contributed by atoms with Crippen LogP contribution in [0.4, 0.5) is 0 Å². The monoisotopic (exact) mass is 456 g/mol. The van der Waals surface area contributed by atoms with Crippen molar-refractivity contribution in [1.82, 2.24) is 0 Å². The maximum absolute atomic E-state index is 2.39. The van der Waals surface area contributed by atoms with E-state index in [1.54, 1.807) is 0 Å². The van der Waals surface area contributed by atoms with Crippen LogP contribution in [0.3, 0.4) is 0 Å². The standard InChI is InChI=1S/C36H24/c1-3-12-25(13-4-1)27-16-11-17-28(22-27)35-24-29-23-34(26-14-5-2-6-15-26)30-18-7-9-20-32(30)36(29)33-21-10-8-19-31(33)35/h1-24H. The second kappa shape index (κ2) is 8.52. The van der Waals surface area contributed by atoms with Crippen molar-refractivity contribution in [3.8, 4) is 33.4 Å². The zero-order valence-corrected chi connectivity index (χ0v) is 19.9. The van der Waals surface area contributed by atoms with Gasteiger partial charge >= 0.3 is 0 Å². The number of rotatable bonds is 3. The van der Waals surface area contributed by atoms with Gasteiger partial charge in [0.15, 0.2) is 0 Å². The smallest absolute Gasteiger partial charge is 0.00259 e. The van der Waals surface area contributed by atoms with Crippen LogP contribution in [0.2, 0.25) is 0 Å². The first-order chi connectivity index (χ1) is 17.9. The summed E-state index contributed by atoms with van der Waals surface area (Å²) >= 11 is 0. The van der Waals surface area contributed by atoms with Crippen LogP contribution >= 0.6 is 0 Å². The van der Waals surface area contributed by atoms with E-state index in [-0.39, 0.29) is 0 Å². The highest BCUT2D eigenvalue weighted by Crippen LogP contribution is 2.42. The van der Waals surface area contributed by atoms with E-state index in [4.69, 9.17) is 0 Å². The largest absolute Gasteiger partial charge is 0.0622 e. The Hall–Kier alpha value is -4.68. The van der Waals surface area contributed by atoms with Gasteiger partial charge in [0.25, 0.3) is 0 Å². The molecule has 0 unspecified atom stereocenters. The molecule has 7 rings (SSSR count). The molecule has 0 radical (unpaired) electrons. The first kappa shape index (κ1) is 20.7. The number of benzene rings is 7. The quantitative estimate of drug-likeness (QED) is 0.232. The lowest BCUT2D eigenvalue weighted by Gasteiger charge is -2.16. The van der Waals surface area contributed by atoms with Crippen LogP contribution in [-0.4, -0.2) is 0 Å². The van der Waals surface area contributed by atoms with Gasteiger partial charge < -0.3 is 0 Å². The molecule has 0 nitrogen and oxygen atoms in total. The molecular formula is C36H24. The number of hydrogen-bond acceptors (Lipinski definition) is 0. The van der Waals surface area contributed by atoms with Crippen LogP contribution in [0.5, 0.6) is 0 Å². The SMILES string of the molecule is c1ccc(-c2cccc(-c3cc4cc(-c5ccccc5)c5ccccc5c4c4ccccc34)c2)cc1. The van der Waals surface area contributed by atoms with Crippen LogP contribution in [0.1, 0.15) is 0 Å². The molecule has 0 saturated heterocycles. The summed E-state index contributed by atoms with van der Waals surface area (Å²) in [4.78, 5) is 0. The average molecular weight is 457 g/mol. The van der Waals surface area contributed by atoms with Crippen molar-refractivity contribution in [2.75, 3.05) is 0 Å². The first-order valence-corrected chi connectivity index (χ1v) is 12.5. The van der Waals surface area contributed by atoms with Gasteiger partial charge in [-0.05, 0) is 83.9 Å². The van der Waals surface area contributed by atoms with Crippen molar-refractivity contribution in [3.05, 3.63) is 146 Å². The molecule has 7 aromatic rings. The second-order valence-electron chi connectivity index (χ2n) is 9.35. The predicted molar refractivity (Wildman–Crippen MR) is 155 cm³/mol. The van der Waals surface area contributed by atoms with Gasteiger partial charge in [-0.3, -0.25) is 0 Å². The van der Waals surface area contributed by atoms with Crippen molar-refractivity contribution in [2.45, 2.75) is 0 Å². The van der Waals surface area contributed by atoms with Gasteiger partial charge in [0.2, 0.25) is 0 Å². The Kier molecular flexibility index (Phi) is 4.89. The molecule has 0 N–H and O–H groups in total. The van der Waals surface area contributed by atoms with Crippen molar-refractivity contribution in [1.29, 1.82) is 0 Å². The third-order valence-corrected chi connectivity index (χ3v) is 7.23. The van der Waals surface area contributed by atoms with E-state index in [2.05, 4.69) is 146 Å². The summed E-state index contributed by atoms with van der Waals surface area (Å²) in [5, 5.41) is 7.77. The zero-order chi connectivity index (χ0) is 23.9. The van der Waals surface area contributed by atoms with Gasteiger partial charge in [0.1, 0.15) is 0 Å². The van der Waals surface area contributed by atoms with Gasteiger partial charge in [-0.1, -0.05) is 127 Å². The lowest BCUT2D eigenvalue weighted by atomic mass is 9.87. The molecule has 0 aromatic heterocycles. The van der Waals surface area contributed by atoms with Gasteiger partial charge in [-0.25, -0.2) is 0 Å². The summed E-state index contributed by atoms with van der Waals surface area (Å²) in [6.07, 6.45) is 0. The minimum atomic E-state index is 1.24. The van der Waals surface area contributed by atoms with E-state index in [0.717, 1.165) is 0 Å². The second-order valence-corrected chi connectivity index (χ2v) is 9.35. The molecule has 0 heterocycles. The van der Waals surface area contributed by atoms with Crippen molar-refractivity contribution in [3.63, 3.8) is 0 Å². The van der Waals surface area contributed by atoms with Gasteiger partial charge in [0.05, 0.1) is 0 Å².